The molecule has 26 nitrogen and oxygen atoms in total. The molecule has 2 amide bonds. The Balaban J connectivity index is 0.000000990. The minimum Gasteiger partial charge on any atom is -0.512 e. The van der Waals surface area contributed by atoms with Gasteiger partial charge in [-0.25, -0.2) is 0 Å². The Morgan fingerprint density at radius 3 is 1.59 bits per heavy atom. The number of methoxy groups -OCH3 is 2. The fourth-order valence-electron chi connectivity index (χ4n) is 11.2. The van der Waals surface area contributed by atoms with Crippen LogP contribution in [0, 0.1) is 69.5 Å². The van der Waals surface area contributed by atoms with Crippen molar-refractivity contribution in [3.63, 3.8) is 0 Å². The van der Waals surface area contributed by atoms with Crippen molar-refractivity contribution in [3.05, 3.63) is 126 Å². The Bertz CT molecular complexity index is 3640. The Morgan fingerprint density at radius 1 is 0.623 bits per heavy atom. The zero-order valence-electron chi connectivity index (χ0n) is 62.4. The predicted octanol–water partition coefficient (Wildman–Crippen LogP) is 7.43. The topological polar surface area (TPSA) is 415 Å². The number of hydrogen-bond donors (Lipinski definition) is 3. The van der Waals surface area contributed by atoms with Crippen molar-refractivity contribution in [2.24, 2.45) is 35.1 Å². The normalized spacial score (nSPS) is 14.5. The van der Waals surface area contributed by atoms with Crippen molar-refractivity contribution in [2.45, 2.75) is 180 Å². The maximum atomic E-state index is 14.6. The zero-order chi connectivity index (χ0) is 78.0. The molecule has 0 aromatic heterocycles. The van der Waals surface area contributed by atoms with Crippen molar-refractivity contribution in [3.8, 4) is 40.8 Å². The number of likely N-dealkylation sites (N-methyl/N-ethyl adjacent to an activating group) is 1. The molecular weight excluding hydrogens is 1390 g/mol. The van der Waals surface area contributed by atoms with Crippen molar-refractivity contribution in [2.75, 3.05) is 60.4 Å². The minimum atomic E-state index is -3.60. The number of carbonyl (C=O) groups excluding carboxylic acids is 9. The third-order valence-corrected chi connectivity index (χ3v) is 17.4. The number of nitrogens with two attached hydrogens (primary N) is 2. The molecule has 1 aliphatic rings. The van der Waals surface area contributed by atoms with Gasteiger partial charge < -0.3 is 61.9 Å². The van der Waals surface area contributed by atoms with E-state index in [0.717, 1.165) is 43.1 Å². The average Bonchev–Trinajstić information content (AvgIpc) is 0.779. The van der Waals surface area contributed by atoms with Crippen LogP contribution >= 0.6 is 0 Å². The molecule has 570 valence electrons. The second kappa shape index (κ2) is 55.5. The summed E-state index contributed by atoms with van der Waals surface area (Å²) in [5.41, 5.74) is 15.6. The quantitative estimate of drug-likeness (QED) is 0.00970. The summed E-state index contributed by atoms with van der Waals surface area (Å²) >= 11 is 0. The number of ketones is 3. The van der Waals surface area contributed by atoms with Gasteiger partial charge in [-0.05, 0) is 78.6 Å². The van der Waals surface area contributed by atoms with Crippen LogP contribution in [0.3, 0.4) is 0 Å². The van der Waals surface area contributed by atoms with Gasteiger partial charge in [-0.2, -0.15) is 24.2 Å². The molecule has 0 unspecified atom stereocenters. The first kappa shape index (κ1) is 95.1. The molecule has 0 radical (unpaired) electrons. The van der Waals surface area contributed by atoms with Crippen molar-refractivity contribution < 1.29 is 114 Å². The number of fused-ring (bicyclic) bond motifs is 5. The third-order valence-electron chi connectivity index (χ3n) is 16.8. The number of nitrogens with zero attached hydrogens (tertiary/aromatic N) is 5. The molecule has 5 N–H and O–H groups in total. The van der Waals surface area contributed by atoms with E-state index in [0.29, 0.717) is 46.6 Å². The maximum absolute atomic E-state index is 14.6. The van der Waals surface area contributed by atoms with Gasteiger partial charge in [0.05, 0.1) is 76.0 Å². The molecule has 4 aromatic carbocycles. The van der Waals surface area contributed by atoms with E-state index in [1.54, 1.807) is 37.3 Å². The van der Waals surface area contributed by atoms with Crippen LogP contribution in [0.5, 0.6) is 11.5 Å². The summed E-state index contributed by atoms with van der Waals surface area (Å²) in [5.74, 6) is -6.21. The molecule has 28 heteroatoms. The predicted molar refractivity (Wildman–Crippen MR) is 389 cm³/mol. The summed E-state index contributed by atoms with van der Waals surface area (Å²) in [6, 6.07) is 32.8. The number of unbranched alkanes of at least 4 members (excludes halogenated alkanes) is 8. The Morgan fingerprint density at radius 2 is 1.10 bits per heavy atom. The van der Waals surface area contributed by atoms with Crippen LogP contribution in [0.1, 0.15) is 177 Å². The number of ether oxygens (including phenoxy) is 6. The monoisotopic (exact) mass is 1490 g/mol. The van der Waals surface area contributed by atoms with E-state index < -0.39 is 87.3 Å². The summed E-state index contributed by atoms with van der Waals surface area (Å²) in [5, 5.41) is 36.3. The van der Waals surface area contributed by atoms with E-state index in [-0.39, 0.29) is 158 Å². The fourth-order valence-corrected chi connectivity index (χ4v) is 11.6. The maximum Gasteiger partial charge on any atom is 1.00 e. The summed E-state index contributed by atoms with van der Waals surface area (Å²) < 4.78 is 58.0. The van der Waals surface area contributed by atoms with Gasteiger partial charge in [0.1, 0.15) is 49.8 Å². The van der Waals surface area contributed by atoms with Gasteiger partial charge >= 0.3 is 53.4 Å². The average molecular weight is 1500 g/mol. The van der Waals surface area contributed by atoms with Crippen molar-refractivity contribution >= 4 is 63.2 Å². The van der Waals surface area contributed by atoms with Gasteiger partial charge in [0.15, 0.2) is 11.6 Å². The molecule has 5 rings (SSSR count). The summed E-state index contributed by atoms with van der Waals surface area (Å²) in [7, 11) is 0.378. The van der Waals surface area contributed by atoms with Gasteiger partial charge in [-0.1, -0.05) is 138 Å². The van der Waals surface area contributed by atoms with Gasteiger partial charge in [-0.15, -0.1) is 0 Å². The smallest absolute Gasteiger partial charge is 0.512 e. The molecule has 0 fully saturated rings. The number of nitriles is 3. The van der Waals surface area contributed by atoms with E-state index in [9.17, 15) is 62.1 Å². The van der Waals surface area contributed by atoms with Crippen LogP contribution in [-0.4, -0.2) is 133 Å². The molecule has 6 atom stereocenters. The molecule has 106 heavy (non-hydrogen) atoms. The first-order valence-electron chi connectivity index (χ1n) is 35.3. The molecule has 1 heterocycles. The van der Waals surface area contributed by atoms with Crippen LogP contribution in [0.4, 0.5) is 0 Å². The molecule has 0 saturated carbocycles. The van der Waals surface area contributed by atoms with Gasteiger partial charge in [-0.3, -0.25) is 47.3 Å². The van der Waals surface area contributed by atoms with Crippen LogP contribution < -0.4 is 55.8 Å². The van der Waals surface area contributed by atoms with Crippen molar-refractivity contribution in [1.29, 1.82) is 21.0 Å². The van der Waals surface area contributed by atoms with E-state index in [4.69, 9.17) is 47.5 Å². The number of Topliss-reactive ketones (excluding diaryl/α,β-unsaturated/α-hetero) is 3. The molecule has 0 aliphatic carbocycles. The van der Waals surface area contributed by atoms with Gasteiger partial charge in [0, 0.05) is 88.0 Å². The van der Waals surface area contributed by atoms with Gasteiger partial charge in [0.25, 0.3) is 10.1 Å². The number of benzene rings is 4. The standard InChI is InChI=1S/C47H66N6O7.C15H17NO4.C15H20O7S.CN.Na/c1-4-5-6-7-8-9-10-11-12-16-37(54)31-36(15-13-22-48)47(58)53(3)45-35-19-21-44(60-27-25-51)39(32-35)38-29-34(18-20-43(38)59-26-24-50)30-40(41(55)17-14-23-49)52-46(57)33(2)28-42(45)56;1-19-15(18)13(8-5-9-16)10-14(17)20-11-12-6-3-2-4-7-12;1-20-15(17)13(8-9-22-23(2,18)19)10-14(16)21-11-12-6-4-3-5-7-12;1-2;/h18-21,29,32-33,36,40,45H,4-17,24-28,30-31,50-51H2,1-3H3,(H,52,57);2-4,6-7,13H,5,8,10-11H2,1H3;3-7,13H,8-11H2,1-2H3;;/q;;;-1;+1/t33-,36-,40+,45+;2*13-;;/m111../s1. The summed E-state index contributed by atoms with van der Waals surface area (Å²) in [6.07, 6.45) is 11.4. The Labute approximate surface area is 646 Å². The van der Waals surface area contributed by atoms with E-state index >= 15 is 0 Å². The molecule has 0 saturated heterocycles. The fraction of sp³-hybridized carbons (Fsp3) is 0.526. The van der Waals surface area contributed by atoms with E-state index in [2.05, 4.69) is 32.0 Å². The number of nitrogens with one attached hydrogen (secondary N) is 1. The molecule has 4 bridgehead atoms. The number of carbonyl (C=O) groups is 9. The van der Waals surface area contributed by atoms with Crippen LogP contribution in [0.2, 0.25) is 0 Å². The number of esters is 4. The first-order valence-corrected chi connectivity index (χ1v) is 37.1. The number of rotatable bonds is 41. The second-order valence-corrected chi connectivity index (χ2v) is 26.7. The minimum absolute atomic E-state index is 0. The van der Waals surface area contributed by atoms with Gasteiger partial charge in [0.2, 0.25) is 11.8 Å². The zero-order valence-corrected chi connectivity index (χ0v) is 65.2. The molecule has 4 aromatic rings. The summed E-state index contributed by atoms with van der Waals surface area (Å²) in [6.45, 7) is 9.44. The molecule has 1 aliphatic heterocycles. The first-order chi connectivity index (χ1) is 50.5. The third kappa shape index (κ3) is 37.9. The Kier molecular flexibility index (Phi) is 49.8. The van der Waals surface area contributed by atoms with E-state index in [1.807, 2.05) is 78.9 Å². The molecular formula is C78H103N8NaO18S. The van der Waals surface area contributed by atoms with Crippen LogP contribution in [0.25, 0.3) is 11.1 Å². The summed E-state index contributed by atoms with van der Waals surface area (Å²) in [4.78, 5) is 117. The van der Waals surface area contributed by atoms with Crippen LogP contribution in [-0.2, 0) is 96.0 Å². The van der Waals surface area contributed by atoms with E-state index in [1.165, 1.54) is 58.3 Å². The van der Waals surface area contributed by atoms with Crippen molar-refractivity contribution in [1.82, 2.24) is 10.2 Å². The SMILES string of the molecule is CCCCCCCCCCCC(=O)C[C@@H](CCC#N)C(=O)N(C)[C@@H]1C(=O)C[C@@H](C)C(=O)N[C@H](C(=O)CCC#N)Cc2ccc(OCCN)c(c2)-c2cc1ccc2OCCN.COC(=O)[C@H](CCC#N)CC(=O)OCc1ccccc1.COC(=O)[C@H](CCOS(C)(=O)=O)CC(=O)OCc1ccccc1.[C-]#N.[Na+]. The largest absolute Gasteiger partial charge is 1.00 e. The van der Waals surface area contributed by atoms with Crippen LogP contribution in [0.15, 0.2) is 97.1 Å². The number of hydrogen-bond acceptors (Lipinski definition) is 24. The second-order valence-electron chi connectivity index (χ2n) is 25.0. The molecule has 0 spiro atoms. The Hall–Kier alpha value is -8.90. The number of amides is 2.